The van der Waals surface area contributed by atoms with Gasteiger partial charge in [-0.1, -0.05) is 42.0 Å². The summed E-state index contributed by atoms with van der Waals surface area (Å²) in [6.07, 6.45) is 3.45. The highest BCUT2D eigenvalue weighted by molar-refractivity contribution is 6.53. The minimum absolute atomic E-state index is 0.0782. The monoisotopic (exact) mass is 681 g/mol. The fourth-order valence-corrected chi connectivity index (χ4v) is 9.78. The van der Waals surface area contributed by atoms with Crippen molar-refractivity contribution in [3.63, 3.8) is 0 Å². The number of imide groups is 2. The molecule has 6 atom stereocenters. The molecular formula is C35H37Cl2N3O7. The smallest absolute Gasteiger partial charge is 0.253 e. The molecule has 3 heterocycles. The minimum Gasteiger partial charge on any atom is -0.502 e. The minimum atomic E-state index is -1.94. The van der Waals surface area contributed by atoms with Crippen LogP contribution in [-0.2, 0) is 25.7 Å². The van der Waals surface area contributed by atoms with Crippen LogP contribution in [0.2, 0.25) is 0 Å². The van der Waals surface area contributed by atoms with Crippen LogP contribution in [0, 0.1) is 17.8 Å². The van der Waals surface area contributed by atoms with Gasteiger partial charge in [-0.2, -0.15) is 0 Å². The molecular weight excluding hydrogens is 645 g/mol. The van der Waals surface area contributed by atoms with Crippen molar-refractivity contribution in [2.24, 2.45) is 17.8 Å². The molecule has 1 saturated carbocycles. The first-order valence-corrected chi connectivity index (χ1v) is 16.7. The highest BCUT2D eigenvalue weighted by atomic mass is 35.5. The van der Waals surface area contributed by atoms with Crippen LogP contribution in [0.15, 0.2) is 54.1 Å². The molecule has 2 aromatic rings. The van der Waals surface area contributed by atoms with Crippen molar-refractivity contribution < 1.29 is 33.8 Å². The van der Waals surface area contributed by atoms with Crippen molar-refractivity contribution >= 4 is 46.8 Å². The highest BCUT2D eigenvalue weighted by Gasteiger charge is 2.76. The van der Waals surface area contributed by atoms with Crippen LogP contribution < -0.4 is 9.47 Å². The topological polar surface area (TPSA) is 117 Å². The third-order valence-corrected chi connectivity index (χ3v) is 12.5. The number of nitrogens with zero attached hydrogens (tertiary/aromatic N) is 3. The molecule has 2 aliphatic carbocycles. The predicted octanol–water partition coefficient (Wildman–Crippen LogP) is 4.06. The van der Waals surface area contributed by atoms with E-state index in [1.807, 2.05) is 24.3 Å². The summed E-state index contributed by atoms with van der Waals surface area (Å²) in [5.41, 5.74) is 2.32. The summed E-state index contributed by atoms with van der Waals surface area (Å²) < 4.78 is 10.8. The fraction of sp³-hybridized carbons (Fsp3) is 0.486. The second-order valence-electron chi connectivity index (χ2n) is 13.3. The number of fused-ring (bicyclic) bond motifs is 4. The van der Waals surface area contributed by atoms with Gasteiger partial charge in [0.2, 0.25) is 17.6 Å². The molecule has 3 saturated heterocycles. The summed E-state index contributed by atoms with van der Waals surface area (Å²) in [6, 6.07) is 13.1. The van der Waals surface area contributed by atoms with Gasteiger partial charge in [0.25, 0.3) is 11.8 Å². The number of phenolic OH excluding ortho intramolecular Hbond substituents is 1. The van der Waals surface area contributed by atoms with E-state index in [0.717, 1.165) is 24.5 Å². The van der Waals surface area contributed by atoms with Gasteiger partial charge in [-0.05, 0) is 54.9 Å². The van der Waals surface area contributed by atoms with Crippen LogP contribution in [-0.4, -0.2) is 93.6 Å². The molecule has 47 heavy (non-hydrogen) atoms. The van der Waals surface area contributed by atoms with E-state index in [2.05, 4.69) is 17.0 Å². The van der Waals surface area contributed by atoms with Gasteiger partial charge in [0, 0.05) is 38.6 Å². The fourth-order valence-electron chi connectivity index (χ4n) is 8.76. The molecule has 7 rings (SSSR count). The summed E-state index contributed by atoms with van der Waals surface area (Å²) in [7, 11) is 4.12. The third-order valence-electron chi connectivity index (χ3n) is 11.1. The molecule has 10 nitrogen and oxygen atoms in total. The Morgan fingerprint density at radius 3 is 2.17 bits per heavy atom. The van der Waals surface area contributed by atoms with E-state index in [4.69, 9.17) is 32.7 Å². The van der Waals surface area contributed by atoms with Gasteiger partial charge in [0.1, 0.15) is 0 Å². The summed E-state index contributed by atoms with van der Waals surface area (Å²) in [5.74, 6) is -4.80. The molecule has 3 aliphatic heterocycles. The standard InChI is InChI=1S/C35H37Cl2N3O7/c1-38-32(44)34(36)17-24-22(28(35(34,37)33(38)45)20-15-25(46-2)29(41)26(16-20)47-3)9-10-23-27(24)31(43)40(30(23)42)21-11-13-39(14-12-21)18-19-7-5-4-6-8-19/h4-9,15-16,21,23-24,27-28,41H,10-14,17-18H2,1-3H3/t23-,24+,27-,28-,34+,35-/m0/s1. The Morgan fingerprint density at radius 2 is 1.55 bits per heavy atom. The number of aromatic hydroxyl groups is 1. The van der Waals surface area contributed by atoms with Crippen LogP contribution in [0.25, 0.3) is 0 Å². The largest absolute Gasteiger partial charge is 0.502 e. The Morgan fingerprint density at radius 1 is 0.915 bits per heavy atom. The van der Waals surface area contributed by atoms with Crippen molar-refractivity contribution in [2.75, 3.05) is 34.4 Å². The second kappa shape index (κ2) is 11.5. The number of hydrogen-bond donors (Lipinski definition) is 1. The lowest BCUT2D eigenvalue weighted by atomic mass is 9.56. The van der Waals surface area contributed by atoms with E-state index < -0.39 is 45.2 Å². The number of ether oxygens (including phenoxy) is 2. The number of methoxy groups -OCH3 is 2. The van der Waals surface area contributed by atoms with Crippen molar-refractivity contribution in [1.82, 2.24) is 14.7 Å². The normalized spacial score (nSPS) is 32.7. The Kier molecular flexibility index (Phi) is 7.84. The zero-order valence-electron chi connectivity index (χ0n) is 26.4. The van der Waals surface area contributed by atoms with Crippen molar-refractivity contribution in [3.05, 3.63) is 65.2 Å². The summed E-state index contributed by atoms with van der Waals surface area (Å²) in [6.45, 7) is 2.32. The van der Waals surface area contributed by atoms with Crippen molar-refractivity contribution in [1.29, 1.82) is 0 Å². The lowest BCUT2D eigenvalue weighted by Gasteiger charge is -2.50. The summed E-state index contributed by atoms with van der Waals surface area (Å²) >= 11 is 14.6. The first-order chi connectivity index (χ1) is 22.5. The number of hydrogen-bond acceptors (Lipinski definition) is 8. The van der Waals surface area contributed by atoms with E-state index in [1.54, 1.807) is 12.1 Å². The first-order valence-electron chi connectivity index (χ1n) is 15.9. The lowest BCUT2D eigenvalue weighted by molar-refractivity contribution is -0.144. The molecule has 0 spiro atoms. The number of carbonyl (C=O) groups is 4. The zero-order valence-corrected chi connectivity index (χ0v) is 28.0. The average Bonchev–Trinajstić information content (AvgIpc) is 3.40. The summed E-state index contributed by atoms with van der Waals surface area (Å²) in [5, 5.41) is 10.7. The first kappa shape index (κ1) is 32.0. The third kappa shape index (κ3) is 4.54. The van der Waals surface area contributed by atoms with E-state index in [-0.39, 0.29) is 47.9 Å². The maximum Gasteiger partial charge on any atom is 0.253 e. The molecule has 5 aliphatic rings. The number of likely N-dealkylation sites (tertiary alicyclic amines) is 3. The van der Waals surface area contributed by atoms with Gasteiger partial charge in [-0.3, -0.25) is 33.9 Å². The maximum atomic E-state index is 14.4. The molecule has 0 unspecified atom stereocenters. The molecule has 4 fully saturated rings. The van der Waals surface area contributed by atoms with Gasteiger partial charge in [0.15, 0.2) is 21.2 Å². The molecule has 1 N–H and O–H groups in total. The van der Waals surface area contributed by atoms with Crippen LogP contribution >= 0.6 is 23.2 Å². The van der Waals surface area contributed by atoms with Crippen molar-refractivity contribution in [2.45, 2.75) is 53.9 Å². The van der Waals surface area contributed by atoms with Gasteiger partial charge >= 0.3 is 0 Å². The van der Waals surface area contributed by atoms with Gasteiger partial charge in [0.05, 0.1) is 26.1 Å². The van der Waals surface area contributed by atoms with Gasteiger partial charge < -0.3 is 14.6 Å². The number of amides is 4. The van der Waals surface area contributed by atoms with E-state index in [1.165, 1.54) is 31.7 Å². The van der Waals surface area contributed by atoms with Gasteiger partial charge in [-0.25, -0.2) is 0 Å². The van der Waals surface area contributed by atoms with E-state index in [9.17, 15) is 24.3 Å². The van der Waals surface area contributed by atoms with E-state index in [0.29, 0.717) is 24.0 Å². The Hall–Kier alpha value is -3.60. The lowest BCUT2D eigenvalue weighted by Crippen LogP contribution is -2.60. The Labute approximate surface area is 283 Å². The number of halogens is 2. The number of benzene rings is 2. The molecule has 248 valence electrons. The van der Waals surface area contributed by atoms with Gasteiger partial charge in [-0.15, -0.1) is 23.2 Å². The van der Waals surface area contributed by atoms with Crippen molar-refractivity contribution in [3.8, 4) is 17.2 Å². The van der Waals surface area contributed by atoms with Crippen LogP contribution in [0.1, 0.15) is 42.7 Å². The Bertz CT molecular complexity index is 1670. The molecule has 4 amide bonds. The number of rotatable bonds is 6. The molecule has 2 aromatic carbocycles. The number of alkyl halides is 2. The SMILES string of the molecule is COc1cc([C@H]2C3=CC[C@@H]4C(=O)N(C5CCN(Cc6ccccc6)CC5)C(=O)[C@@H]4[C@@H]3C[C@@]3(Cl)C(=O)N(C)C(=O)[C@@]23Cl)cc(OC)c1O. The Balaban J connectivity index is 1.24. The number of phenols is 1. The van der Waals surface area contributed by atoms with Crippen LogP contribution in [0.4, 0.5) is 0 Å². The maximum absolute atomic E-state index is 14.4. The number of piperidine rings is 1. The van der Waals surface area contributed by atoms with E-state index >= 15 is 0 Å². The summed E-state index contributed by atoms with van der Waals surface area (Å²) in [4.78, 5) is 57.0. The highest BCUT2D eigenvalue weighted by Crippen LogP contribution is 2.66. The number of allylic oxidation sites excluding steroid dienone is 2. The molecule has 0 bridgehead atoms. The zero-order chi connectivity index (χ0) is 33.4. The molecule has 0 radical (unpaired) electrons. The molecule has 0 aromatic heterocycles. The molecule has 12 heteroatoms. The number of carbonyl (C=O) groups excluding carboxylic acids is 4. The predicted molar refractivity (Wildman–Crippen MR) is 173 cm³/mol. The van der Waals surface area contributed by atoms with Crippen LogP contribution in [0.3, 0.4) is 0 Å². The van der Waals surface area contributed by atoms with Crippen LogP contribution in [0.5, 0.6) is 17.2 Å². The average molecular weight is 683 g/mol. The quantitative estimate of drug-likeness (QED) is 0.276. The second-order valence-corrected chi connectivity index (χ2v) is 14.6.